The number of hydrogen-bond acceptors (Lipinski definition) is 5. The first-order valence-electron chi connectivity index (χ1n) is 9.62. The molecule has 0 atom stereocenters. The van der Waals surface area contributed by atoms with Crippen LogP contribution in [-0.4, -0.2) is 51.9 Å². The Hall–Kier alpha value is -3.22. The van der Waals surface area contributed by atoms with Crippen LogP contribution in [0.4, 0.5) is 5.82 Å². The van der Waals surface area contributed by atoms with Crippen LogP contribution in [-0.2, 0) is 11.2 Å². The quantitative estimate of drug-likeness (QED) is 0.735. The Morgan fingerprint density at radius 2 is 1.82 bits per heavy atom. The molecule has 7 heteroatoms. The van der Waals surface area contributed by atoms with Crippen LogP contribution in [0.15, 0.2) is 53.5 Å². The Labute approximate surface area is 163 Å². The molecule has 1 aromatic carbocycles. The van der Waals surface area contributed by atoms with Gasteiger partial charge in [0.1, 0.15) is 11.6 Å². The maximum atomic E-state index is 12.5. The molecule has 1 amide bonds. The molecule has 2 aromatic heterocycles. The predicted molar refractivity (Wildman–Crippen MR) is 108 cm³/mol. The summed E-state index contributed by atoms with van der Waals surface area (Å²) in [5.41, 5.74) is 0.566. The SMILES string of the molecule is O=C(CCCc1nc2ccccc2c(=O)[nH]1)N1CCN(c2ccccn2)CC1. The summed E-state index contributed by atoms with van der Waals surface area (Å²) >= 11 is 0. The number of nitrogens with one attached hydrogen (secondary N) is 1. The maximum absolute atomic E-state index is 12.5. The standard InChI is InChI=1S/C21H23N5O2/c27-20(26-14-12-25(13-15-26)19-9-3-4-11-22-19)10-5-8-18-23-17-7-2-1-6-16(17)21(28)24-18/h1-4,6-7,9,11H,5,8,10,12-15H2,(H,23,24,28). The molecule has 1 aliphatic rings. The second-order valence-electron chi connectivity index (χ2n) is 6.94. The third-order valence-corrected chi connectivity index (χ3v) is 5.07. The van der Waals surface area contributed by atoms with Crippen molar-refractivity contribution in [1.29, 1.82) is 0 Å². The van der Waals surface area contributed by atoms with Crippen molar-refractivity contribution >= 4 is 22.6 Å². The van der Waals surface area contributed by atoms with Crippen molar-refractivity contribution in [3.8, 4) is 0 Å². The first-order valence-corrected chi connectivity index (χ1v) is 9.62. The molecule has 0 bridgehead atoms. The van der Waals surface area contributed by atoms with Crippen LogP contribution in [0.1, 0.15) is 18.7 Å². The van der Waals surface area contributed by atoms with Gasteiger partial charge in [-0.05, 0) is 30.7 Å². The summed E-state index contributed by atoms with van der Waals surface area (Å²) < 4.78 is 0. The number of carbonyl (C=O) groups excluding carboxylic acids is 1. The van der Waals surface area contributed by atoms with Gasteiger partial charge in [-0.15, -0.1) is 0 Å². The van der Waals surface area contributed by atoms with E-state index in [1.165, 1.54) is 0 Å². The minimum Gasteiger partial charge on any atom is -0.353 e. The normalized spacial score (nSPS) is 14.4. The first-order chi connectivity index (χ1) is 13.7. The fourth-order valence-corrected chi connectivity index (χ4v) is 3.54. The van der Waals surface area contributed by atoms with E-state index in [9.17, 15) is 9.59 Å². The summed E-state index contributed by atoms with van der Waals surface area (Å²) in [7, 11) is 0. The molecule has 0 unspecified atom stereocenters. The van der Waals surface area contributed by atoms with E-state index in [4.69, 9.17) is 0 Å². The van der Waals surface area contributed by atoms with E-state index in [0.717, 1.165) is 18.9 Å². The summed E-state index contributed by atoms with van der Waals surface area (Å²) in [6.45, 7) is 3.01. The second-order valence-corrected chi connectivity index (χ2v) is 6.94. The highest BCUT2D eigenvalue weighted by atomic mass is 16.2. The molecule has 7 nitrogen and oxygen atoms in total. The average Bonchev–Trinajstić information content (AvgIpc) is 2.74. The number of carbonyl (C=O) groups is 1. The van der Waals surface area contributed by atoms with E-state index < -0.39 is 0 Å². The van der Waals surface area contributed by atoms with Crippen LogP contribution < -0.4 is 10.5 Å². The monoisotopic (exact) mass is 377 g/mol. The molecule has 3 aromatic rings. The lowest BCUT2D eigenvalue weighted by Gasteiger charge is -2.35. The largest absolute Gasteiger partial charge is 0.353 e. The lowest BCUT2D eigenvalue weighted by molar-refractivity contribution is -0.131. The highest BCUT2D eigenvalue weighted by Crippen LogP contribution is 2.14. The molecule has 0 radical (unpaired) electrons. The zero-order valence-electron chi connectivity index (χ0n) is 15.7. The number of aromatic amines is 1. The van der Waals surface area contributed by atoms with Gasteiger partial charge in [0, 0.05) is 45.2 Å². The van der Waals surface area contributed by atoms with Gasteiger partial charge in [-0.3, -0.25) is 9.59 Å². The fraction of sp³-hybridized carbons (Fsp3) is 0.333. The number of anilines is 1. The minimum atomic E-state index is -0.127. The Balaban J connectivity index is 1.28. The van der Waals surface area contributed by atoms with Crippen molar-refractivity contribution in [2.75, 3.05) is 31.1 Å². The highest BCUT2D eigenvalue weighted by molar-refractivity contribution is 5.77. The number of aromatic nitrogens is 3. The molecule has 4 rings (SSSR count). The molecular formula is C21H23N5O2. The lowest BCUT2D eigenvalue weighted by Crippen LogP contribution is -2.49. The molecule has 1 aliphatic heterocycles. The van der Waals surface area contributed by atoms with Crippen molar-refractivity contribution in [2.45, 2.75) is 19.3 Å². The molecule has 0 saturated carbocycles. The van der Waals surface area contributed by atoms with Crippen LogP contribution in [0.25, 0.3) is 10.9 Å². The van der Waals surface area contributed by atoms with Gasteiger partial charge in [0.25, 0.3) is 5.56 Å². The number of benzene rings is 1. The van der Waals surface area contributed by atoms with Gasteiger partial charge < -0.3 is 14.8 Å². The lowest BCUT2D eigenvalue weighted by atomic mass is 10.2. The number of nitrogens with zero attached hydrogens (tertiary/aromatic N) is 4. The van der Waals surface area contributed by atoms with Crippen LogP contribution >= 0.6 is 0 Å². The summed E-state index contributed by atoms with van der Waals surface area (Å²) in [4.78, 5) is 40.4. The van der Waals surface area contributed by atoms with Gasteiger partial charge in [0.2, 0.25) is 5.91 Å². The number of hydrogen-bond donors (Lipinski definition) is 1. The molecule has 1 N–H and O–H groups in total. The van der Waals surface area contributed by atoms with E-state index in [1.807, 2.05) is 41.3 Å². The van der Waals surface area contributed by atoms with Crippen molar-refractivity contribution < 1.29 is 4.79 Å². The third-order valence-electron chi connectivity index (χ3n) is 5.07. The number of piperazine rings is 1. The number of fused-ring (bicyclic) bond motifs is 1. The summed E-state index contributed by atoms with van der Waals surface area (Å²) in [6, 6.07) is 13.2. The molecule has 28 heavy (non-hydrogen) atoms. The Kier molecular flexibility index (Phi) is 5.32. The number of amides is 1. The van der Waals surface area contributed by atoms with Gasteiger partial charge in [-0.25, -0.2) is 9.97 Å². The molecule has 1 saturated heterocycles. The van der Waals surface area contributed by atoms with Gasteiger partial charge in [0.15, 0.2) is 0 Å². The van der Waals surface area contributed by atoms with E-state index in [-0.39, 0.29) is 11.5 Å². The van der Waals surface area contributed by atoms with Crippen molar-refractivity contribution in [3.63, 3.8) is 0 Å². The van der Waals surface area contributed by atoms with Gasteiger partial charge in [-0.1, -0.05) is 18.2 Å². The van der Waals surface area contributed by atoms with Crippen molar-refractivity contribution in [1.82, 2.24) is 19.9 Å². The smallest absolute Gasteiger partial charge is 0.258 e. The van der Waals surface area contributed by atoms with Crippen LogP contribution in [0.3, 0.4) is 0 Å². The van der Waals surface area contributed by atoms with E-state index in [2.05, 4.69) is 19.9 Å². The van der Waals surface area contributed by atoms with Crippen LogP contribution in [0, 0.1) is 0 Å². The zero-order valence-corrected chi connectivity index (χ0v) is 15.7. The Morgan fingerprint density at radius 1 is 1.04 bits per heavy atom. The number of para-hydroxylation sites is 1. The fourth-order valence-electron chi connectivity index (χ4n) is 3.54. The van der Waals surface area contributed by atoms with Gasteiger partial charge >= 0.3 is 0 Å². The van der Waals surface area contributed by atoms with E-state index in [1.54, 1.807) is 12.3 Å². The second kappa shape index (κ2) is 8.21. The molecule has 0 spiro atoms. The number of pyridine rings is 1. The molecule has 0 aliphatic carbocycles. The average molecular weight is 377 g/mol. The third kappa shape index (κ3) is 4.03. The highest BCUT2D eigenvalue weighted by Gasteiger charge is 2.21. The topological polar surface area (TPSA) is 82.2 Å². The maximum Gasteiger partial charge on any atom is 0.258 e. The Bertz CT molecular complexity index is 1010. The Morgan fingerprint density at radius 3 is 2.61 bits per heavy atom. The van der Waals surface area contributed by atoms with Crippen LogP contribution in [0.2, 0.25) is 0 Å². The van der Waals surface area contributed by atoms with Crippen molar-refractivity contribution in [2.24, 2.45) is 0 Å². The summed E-state index contributed by atoms with van der Waals surface area (Å²) in [5, 5.41) is 0.591. The number of rotatable bonds is 5. The number of aryl methyl sites for hydroxylation is 1. The molecular weight excluding hydrogens is 354 g/mol. The summed E-state index contributed by atoms with van der Waals surface area (Å²) in [6.07, 6.45) is 3.50. The van der Waals surface area contributed by atoms with Crippen LogP contribution in [0.5, 0.6) is 0 Å². The van der Waals surface area contributed by atoms with Crippen molar-refractivity contribution in [3.05, 3.63) is 64.8 Å². The number of H-pyrrole nitrogens is 1. The van der Waals surface area contributed by atoms with E-state index in [0.29, 0.717) is 49.1 Å². The molecule has 3 heterocycles. The molecule has 1 fully saturated rings. The van der Waals surface area contributed by atoms with Gasteiger partial charge in [0.05, 0.1) is 10.9 Å². The van der Waals surface area contributed by atoms with E-state index >= 15 is 0 Å². The predicted octanol–water partition coefficient (Wildman–Crippen LogP) is 1.99. The zero-order chi connectivity index (χ0) is 19.3. The first kappa shape index (κ1) is 18.2. The van der Waals surface area contributed by atoms with Gasteiger partial charge in [-0.2, -0.15) is 0 Å². The minimum absolute atomic E-state index is 0.127. The summed E-state index contributed by atoms with van der Waals surface area (Å²) in [5.74, 6) is 1.75. The molecule has 144 valence electrons.